The Bertz CT molecular complexity index is 1380. The topological polar surface area (TPSA) is 119 Å². The molecule has 0 radical (unpaired) electrons. The molecule has 2 aromatic heterocycles. The van der Waals surface area contributed by atoms with Crippen molar-refractivity contribution in [1.29, 1.82) is 0 Å². The standard InChI is InChI=1S/C29H35N5O3Si/c1-28(2,3)38(21-10-6-4-7-11-21,22-12-8-5-9-13-22)37-18-29(17-36)15-14-24(23(29)16-35)34-20-33-25-26(30)31-19-32-27(25)34/h4-15,19-20,23-24,35-36H,16-18H2,1-3H3,(H2,30,31,32)/t23-,24+,29-/m0/s1. The number of nitrogens with zero attached hydrogens (tertiary/aromatic N) is 4. The molecule has 2 heterocycles. The molecule has 9 heteroatoms. The van der Waals surface area contributed by atoms with Crippen LogP contribution in [0.1, 0.15) is 26.8 Å². The van der Waals surface area contributed by atoms with Crippen molar-refractivity contribution < 1.29 is 14.6 Å². The van der Waals surface area contributed by atoms with Gasteiger partial charge in [-0.15, -0.1) is 0 Å². The Labute approximate surface area is 224 Å². The Morgan fingerprint density at radius 1 is 0.974 bits per heavy atom. The Morgan fingerprint density at radius 2 is 1.61 bits per heavy atom. The van der Waals surface area contributed by atoms with Crippen LogP contribution in [0.15, 0.2) is 85.5 Å². The minimum atomic E-state index is -2.84. The van der Waals surface area contributed by atoms with E-state index < -0.39 is 13.7 Å². The van der Waals surface area contributed by atoms with E-state index in [2.05, 4.69) is 84.3 Å². The first-order valence-corrected chi connectivity index (χ1v) is 14.8. The summed E-state index contributed by atoms with van der Waals surface area (Å²) in [6.07, 6.45) is 7.08. The summed E-state index contributed by atoms with van der Waals surface area (Å²) in [5, 5.41) is 23.6. The van der Waals surface area contributed by atoms with Gasteiger partial charge in [0.15, 0.2) is 11.5 Å². The second kappa shape index (κ2) is 10.1. The van der Waals surface area contributed by atoms with Gasteiger partial charge in [0.05, 0.1) is 19.0 Å². The van der Waals surface area contributed by atoms with E-state index in [4.69, 9.17) is 10.2 Å². The number of hydrogen-bond donors (Lipinski definition) is 3. The molecule has 5 rings (SSSR count). The summed E-state index contributed by atoms with van der Waals surface area (Å²) in [6.45, 7) is 6.60. The third-order valence-corrected chi connectivity index (χ3v) is 12.9. The average Bonchev–Trinajstić information content (AvgIpc) is 3.52. The quantitative estimate of drug-likeness (QED) is 0.237. The van der Waals surface area contributed by atoms with Gasteiger partial charge in [-0.2, -0.15) is 0 Å². The smallest absolute Gasteiger partial charge is 0.261 e. The van der Waals surface area contributed by atoms with Crippen LogP contribution in [0.25, 0.3) is 11.2 Å². The summed E-state index contributed by atoms with van der Waals surface area (Å²) in [5.41, 5.74) is 6.31. The molecule has 38 heavy (non-hydrogen) atoms. The lowest BCUT2D eigenvalue weighted by atomic mass is 9.78. The third kappa shape index (κ3) is 4.15. The van der Waals surface area contributed by atoms with E-state index >= 15 is 0 Å². The molecule has 0 saturated carbocycles. The number of aliphatic hydroxyl groups is 2. The number of nitrogens with two attached hydrogens (primary N) is 1. The molecule has 0 fully saturated rings. The van der Waals surface area contributed by atoms with Crippen molar-refractivity contribution in [2.75, 3.05) is 25.6 Å². The molecule has 0 unspecified atom stereocenters. The Balaban J connectivity index is 1.56. The van der Waals surface area contributed by atoms with Gasteiger partial charge in [0.1, 0.15) is 11.8 Å². The van der Waals surface area contributed by atoms with Crippen LogP contribution < -0.4 is 16.1 Å². The Hall–Kier alpha value is -3.37. The fourth-order valence-corrected chi connectivity index (χ4v) is 10.6. The Kier molecular flexibility index (Phi) is 6.95. The minimum Gasteiger partial charge on any atom is -0.406 e. The van der Waals surface area contributed by atoms with Gasteiger partial charge in [-0.05, 0) is 15.4 Å². The second-order valence-corrected chi connectivity index (χ2v) is 15.4. The number of anilines is 1. The van der Waals surface area contributed by atoms with Crippen molar-refractivity contribution in [2.45, 2.75) is 31.9 Å². The normalized spacial score (nSPS) is 21.8. The fourth-order valence-electron chi connectivity index (χ4n) is 5.93. The molecule has 0 aliphatic heterocycles. The summed E-state index contributed by atoms with van der Waals surface area (Å²) >= 11 is 0. The lowest BCUT2D eigenvalue weighted by molar-refractivity contribution is 0.0187. The first-order valence-electron chi connectivity index (χ1n) is 12.9. The van der Waals surface area contributed by atoms with Crippen LogP contribution in [0.3, 0.4) is 0 Å². The lowest BCUT2D eigenvalue weighted by Crippen LogP contribution is -2.67. The van der Waals surface area contributed by atoms with Crippen molar-refractivity contribution in [3.63, 3.8) is 0 Å². The summed E-state index contributed by atoms with van der Waals surface area (Å²) < 4.78 is 9.09. The maximum Gasteiger partial charge on any atom is 0.261 e. The molecule has 2 aromatic carbocycles. The number of nitrogen functional groups attached to an aromatic ring is 1. The summed E-state index contributed by atoms with van der Waals surface area (Å²) in [4.78, 5) is 12.8. The van der Waals surface area contributed by atoms with E-state index in [9.17, 15) is 10.2 Å². The van der Waals surface area contributed by atoms with Crippen molar-refractivity contribution >= 4 is 35.7 Å². The average molecular weight is 530 g/mol. The molecule has 4 N–H and O–H groups in total. The van der Waals surface area contributed by atoms with Crippen molar-refractivity contribution in [3.8, 4) is 0 Å². The van der Waals surface area contributed by atoms with Crippen molar-refractivity contribution in [3.05, 3.63) is 85.5 Å². The zero-order chi connectivity index (χ0) is 27.0. The highest BCUT2D eigenvalue weighted by Crippen LogP contribution is 2.46. The van der Waals surface area contributed by atoms with E-state index in [-0.39, 0.29) is 36.8 Å². The molecule has 0 bridgehead atoms. The molecule has 4 aromatic rings. The van der Waals surface area contributed by atoms with Gasteiger partial charge in [-0.3, -0.25) is 0 Å². The highest BCUT2D eigenvalue weighted by atomic mass is 28.4. The van der Waals surface area contributed by atoms with E-state index in [1.807, 2.05) is 28.9 Å². The first kappa shape index (κ1) is 26.2. The van der Waals surface area contributed by atoms with Gasteiger partial charge in [0.25, 0.3) is 8.32 Å². The summed E-state index contributed by atoms with van der Waals surface area (Å²) in [6, 6.07) is 20.6. The summed E-state index contributed by atoms with van der Waals surface area (Å²) in [5.74, 6) is -0.0565. The van der Waals surface area contributed by atoms with E-state index in [0.717, 1.165) is 0 Å². The monoisotopic (exact) mass is 529 g/mol. The minimum absolute atomic E-state index is 0.150. The molecule has 0 spiro atoms. The Morgan fingerprint density at radius 3 is 2.16 bits per heavy atom. The van der Waals surface area contributed by atoms with Crippen molar-refractivity contribution in [1.82, 2.24) is 19.5 Å². The predicted molar refractivity (Wildman–Crippen MR) is 152 cm³/mol. The van der Waals surface area contributed by atoms with E-state index in [0.29, 0.717) is 17.0 Å². The number of rotatable bonds is 8. The zero-order valence-corrected chi connectivity index (χ0v) is 23.0. The molecule has 8 nitrogen and oxygen atoms in total. The van der Waals surface area contributed by atoms with Crippen LogP contribution in [0.4, 0.5) is 5.82 Å². The number of aliphatic hydroxyl groups excluding tert-OH is 2. The molecule has 1 aliphatic rings. The molecular formula is C29H35N5O3Si. The van der Waals surface area contributed by atoms with E-state index in [1.54, 1.807) is 6.33 Å². The van der Waals surface area contributed by atoms with Crippen LogP contribution in [-0.4, -0.2) is 57.9 Å². The zero-order valence-electron chi connectivity index (χ0n) is 22.0. The summed E-state index contributed by atoms with van der Waals surface area (Å²) in [7, 11) is -2.84. The van der Waals surface area contributed by atoms with Gasteiger partial charge in [-0.25, -0.2) is 15.0 Å². The van der Waals surface area contributed by atoms with Crippen LogP contribution in [0, 0.1) is 11.3 Å². The highest BCUT2D eigenvalue weighted by Gasteiger charge is 2.53. The third-order valence-electron chi connectivity index (χ3n) is 7.95. The highest BCUT2D eigenvalue weighted by molar-refractivity contribution is 6.99. The SMILES string of the molecule is CC(C)(C)[Si](OC[C@@]1(CO)C=C[C@@H](n2cnc3c(N)ncnc32)[C@@H]1CO)(c1ccccc1)c1ccccc1. The number of allylic oxidation sites excluding steroid dienone is 1. The molecular weight excluding hydrogens is 494 g/mol. The van der Waals surface area contributed by atoms with Crippen LogP contribution in [-0.2, 0) is 4.43 Å². The molecule has 1 aliphatic carbocycles. The number of fused-ring (bicyclic) bond motifs is 1. The van der Waals surface area contributed by atoms with Crippen LogP contribution in [0.2, 0.25) is 5.04 Å². The maximum absolute atomic E-state index is 10.8. The molecule has 3 atom stereocenters. The largest absolute Gasteiger partial charge is 0.406 e. The van der Waals surface area contributed by atoms with Gasteiger partial charge in [0.2, 0.25) is 0 Å². The van der Waals surface area contributed by atoms with Crippen molar-refractivity contribution in [2.24, 2.45) is 11.3 Å². The number of imidazole rings is 1. The maximum atomic E-state index is 10.8. The number of aromatic nitrogens is 4. The lowest BCUT2D eigenvalue weighted by Gasteiger charge is -2.46. The van der Waals surface area contributed by atoms with Crippen LogP contribution in [0.5, 0.6) is 0 Å². The molecule has 0 amide bonds. The molecule has 0 saturated heterocycles. The first-order chi connectivity index (χ1) is 18.3. The predicted octanol–water partition coefficient (Wildman–Crippen LogP) is 2.68. The van der Waals surface area contributed by atoms with Gasteiger partial charge in [0, 0.05) is 24.5 Å². The second-order valence-electron chi connectivity index (χ2n) is 11.1. The number of hydrogen-bond acceptors (Lipinski definition) is 7. The van der Waals surface area contributed by atoms with Gasteiger partial charge >= 0.3 is 0 Å². The molecule has 198 valence electrons. The van der Waals surface area contributed by atoms with Gasteiger partial charge in [-0.1, -0.05) is 93.6 Å². The van der Waals surface area contributed by atoms with Crippen LogP contribution >= 0.6 is 0 Å². The van der Waals surface area contributed by atoms with Gasteiger partial charge < -0.3 is 24.9 Å². The van der Waals surface area contributed by atoms with E-state index in [1.165, 1.54) is 16.7 Å². The number of benzene rings is 2. The fraction of sp³-hybridized carbons (Fsp3) is 0.345.